The maximum Gasteiger partial charge on any atom is 0.191 e. The lowest BCUT2D eigenvalue weighted by Gasteiger charge is -2.13. The lowest BCUT2D eigenvalue weighted by Crippen LogP contribution is -2.38. The van der Waals surface area contributed by atoms with Gasteiger partial charge in [0.1, 0.15) is 5.01 Å². The van der Waals surface area contributed by atoms with Crippen LogP contribution in [0.25, 0.3) is 0 Å². The molecule has 0 radical (unpaired) electrons. The van der Waals surface area contributed by atoms with Crippen LogP contribution in [0.4, 0.5) is 0 Å². The summed E-state index contributed by atoms with van der Waals surface area (Å²) in [7, 11) is 1.79. The third-order valence-electron chi connectivity index (χ3n) is 3.49. The normalized spacial score (nSPS) is 18.4. The van der Waals surface area contributed by atoms with E-state index < -0.39 is 0 Å². The number of rotatable bonds is 5. The van der Waals surface area contributed by atoms with Crippen molar-refractivity contribution in [1.29, 1.82) is 0 Å². The number of halogens is 1. The van der Waals surface area contributed by atoms with E-state index in [1.807, 2.05) is 6.92 Å². The minimum absolute atomic E-state index is 0. The second kappa shape index (κ2) is 9.58. The van der Waals surface area contributed by atoms with Gasteiger partial charge in [-0.2, -0.15) is 0 Å². The summed E-state index contributed by atoms with van der Waals surface area (Å²) in [5, 5.41) is 7.72. The Kier molecular flexibility index (Phi) is 8.50. The summed E-state index contributed by atoms with van der Waals surface area (Å²) in [4.78, 5) is 10.0. The van der Waals surface area contributed by atoms with Gasteiger partial charge in [-0.25, -0.2) is 4.98 Å². The number of nitrogens with zero attached hydrogens (tertiary/aromatic N) is 2. The molecule has 1 atom stereocenters. The van der Waals surface area contributed by atoms with E-state index in [1.165, 1.54) is 17.7 Å². The number of guanidine groups is 1. The Morgan fingerprint density at radius 2 is 2.24 bits per heavy atom. The van der Waals surface area contributed by atoms with Crippen LogP contribution < -0.4 is 10.6 Å². The molecule has 0 spiro atoms. The molecule has 21 heavy (non-hydrogen) atoms. The van der Waals surface area contributed by atoms with Crippen molar-refractivity contribution < 1.29 is 4.74 Å². The fourth-order valence-electron chi connectivity index (χ4n) is 2.22. The van der Waals surface area contributed by atoms with Crippen LogP contribution in [0.1, 0.15) is 34.8 Å². The summed E-state index contributed by atoms with van der Waals surface area (Å²) in [5.41, 5.74) is 1.12. The summed E-state index contributed by atoms with van der Waals surface area (Å²) in [6.45, 7) is 6.68. The van der Waals surface area contributed by atoms with Gasteiger partial charge in [0, 0.05) is 25.1 Å². The van der Waals surface area contributed by atoms with Crippen LogP contribution in [-0.4, -0.2) is 37.2 Å². The average molecular weight is 424 g/mol. The van der Waals surface area contributed by atoms with E-state index in [2.05, 4.69) is 27.5 Å². The second-order valence-electron chi connectivity index (χ2n) is 5.03. The molecule has 0 saturated carbocycles. The van der Waals surface area contributed by atoms with Crippen LogP contribution in [0.2, 0.25) is 0 Å². The maximum absolute atomic E-state index is 5.60. The Morgan fingerprint density at radius 3 is 2.81 bits per heavy atom. The largest absolute Gasteiger partial charge is 0.378 e. The summed E-state index contributed by atoms with van der Waals surface area (Å²) < 4.78 is 5.60. The van der Waals surface area contributed by atoms with Crippen molar-refractivity contribution >= 4 is 41.3 Å². The van der Waals surface area contributed by atoms with E-state index in [-0.39, 0.29) is 24.0 Å². The van der Waals surface area contributed by atoms with Crippen LogP contribution in [0.5, 0.6) is 0 Å². The van der Waals surface area contributed by atoms with E-state index in [9.17, 15) is 0 Å². The highest BCUT2D eigenvalue weighted by Gasteiger charge is 2.14. The molecule has 7 heteroatoms. The second-order valence-corrected chi connectivity index (χ2v) is 6.31. The van der Waals surface area contributed by atoms with E-state index in [1.54, 1.807) is 18.4 Å². The molecule has 0 bridgehead atoms. The van der Waals surface area contributed by atoms with Crippen molar-refractivity contribution in [3.05, 3.63) is 15.6 Å². The third-order valence-corrected chi connectivity index (χ3v) is 4.56. The molecule has 0 amide bonds. The molecule has 1 aromatic heterocycles. The predicted molar refractivity (Wildman–Crippen MR) is 98.8 cm³/mol. The molecule has 1 aliphatic rings. The average Bonchev–Trinajstić information content (AvgIpc) is 3.05. The zero-order valence-corrected chi connectivity index (χ0v) is 16.1. The summed E-state index contributed by atoms with van der Waals surface area (Å²) in [5.74, 6) is 0.827. The molecule has 2 N–H and O–H groups in total. The molecular weight excluding hydrogens is 399 g/mol. The van der Waals surface area contributed by atoms with Crippen molar-refractivity contribution in [1.82, 2.24) is 15.6 Å². The van der Waals surface area contributed by atoms with Gasteiger partial charge in [0.2, 0.25) is 0 Å². The van der Waals surface area contributed by atoms with Crippen molar-refractivity contribution in [2.24, 2.45) is 4.99 Å². The summed E-state index contributed by atoms with van der Waals surface area (Å²) in [6.07, 6.45) is 3.84. The molecule has 5 nitrogen and oxygen atoms in total. The first-order valence-corrected chi connectivity index (χ1v) is 7.99. The standard InChI is InChI=1S/C14H24N4OS.HI/c1-10-11(2)20-13(18-10)9-17-14(15-3)16-7-6-12-5-4-8-19-12;/h12H,4-9H2,1-3H3,(H2,15,16,17);1H. The SMILES string of the molecule is CN=C(NCCC1CCCO1)NCc1nc(C)c(C)s1.I. The highest BCUT2D eigenvalue weighted by molar-refractivity contribution is 14.0. The summed E-state index contributed by atoms with van der Waals surface area (Å²) in [6, 6.07) is 0. The number of ether oxygens (including phenoxy) is 1. The Morgan fingerprint density at radius 1 is 1.43 bits per heavy atom. The smallest absolute Gasteiger partial charge is 0.191 e. The number of hydrogen-bond donors (Lipinski definition) is 2. The molecule has 1 unspecified atom stereocenters. The Hall–Kier alpha value is -0.410. The lowest BCUT2D eigenvalue weighted by molar-refractivity contribution is 0.105. The molecule has 1 aromatic rings. The number of thiazole rings is 1. The number of hydrogen-bond acceptors (Lipinski definition) is 4. The number of nitrogens with one attached hydrogen (secondary N) is 2. The maximum atomic E-state index is 5.60. The van der Waals surface area contributed by atoms with Gasteiger partial charge >= 0.3 is 0 Å². The Bertz CT molecular complexity index is 438. The van der Waals surface area contributed by atoms with Gasteiger partial charge in [0.05, 0.1) is 18.3 Å². The number of aryl methyl sites for hydroxylation is 2. The fraction of sp³-hybridized carbons (Fsp3) is 0.714. The van der Waals surface area contributed by atoms with Crippen LogP contribution in [0, 0.1) is 13.8 Å². The predicted octanol–water partition coefficient (Wildman–Crippen LogP) is 2.61. The minimum atomic E-state index is 0. The monoisotopic (exact) mass is 424 g/mol. The van der Waals surface area contributed by atoms with Crippen LogP contribution in [0.3, 0.4) is 0 Å². The molecule has 2 heterocycles. The molecule has 0 aromatic carbocycles. The number of aromatic nitrogens is 1. The van der Waals surface area contributed by atoms with Crippen molar-refractivity contribution in [2.45, 2.75) is 45.8 Å². The highest BCUT2D eigenvalue weighted by Crippen LogP contribution is 2.16. The van der Waals surface area contributed by atoms with E-state index >= 15 is 0 Å². The van der Waals surface area contributed by atoms with Gasteiger partial charge in [-0.1, -0.05) is 0 Å². The molecule has 2 rings (SSSR count). The van der Waals surface area contributed by atoms with E-state index in [0.29, 0.717) is 6.10 Å². The van der Waals surface area contributed by atoms with Crippen LogP contribution in [-0.2, 0) is 11.3 Å². The first-order chi connectivity index (χ1) is 9.69. The van der Waals surface area contributed by atoms with Crippen molar-refractivity contribution in [3.8, 4) is 0 Å². The Balaban J connectivity index is 0.00000220. The molecular formula is C14H25IN4OS. The van der Waals surface area contributed by atoms with Gasteiger partial charge in [0.25, 0.3) is 0 Å². The van der Waals surface area contributed by atoms with Gasteiger partial charge in [-0.05, 0) is 33.1 Å². The highest BCUT2D eigenvalue weighted by atomic mass is 127. The molecule has 1 saturated heterocycles. The number of aliphatic imine (C=N–C) groups is 1. The van der Waals surface area contributed by atoms with Crippen molar-refractivity contribution in [2.75, 3.05) is 20.2 Å². The molecule has 0 aliphatic carbocycles. The minimum Gasteiger partial charge on any atom is -0.378 e. The van der Waals surface area contributed by atoms with Gasteiger partial charge < -0.3 is 15.4 Å². The molecule has 1 fully saturated rings. The van der Waals surface area contributed by atoms with Crippen molar-refractivity contribution in [3.63, 3.8) is 0 Å². The van der Waals surface area contributed by atoms with Crippen LogP contribution in [0.15, 0.2) is 4.99 Å². The van der Waals surface area contributed by atoms with E-state index in [0.717, 1.165) is 42.8 Å². The molecule has 1 aliphatic heterocycles. The zero-order chi connectivity index (χ0) is 14.4. The fourth-order valence-corrected chi connectivity index (χ4v) is 3.09. The zero-order valence-electron chi connectivity index (χ0n) is 12.9. The molecule has 120 valence electrons. The third kappa shape index (κ3) is 6.07. The summed E-state index contributed by atoms with van der Waals surface area (Å²) >= 11 is 1.73. The first-order valence-electron chi connectivity index (χ1n) is 7.18. The first kappa shape index (κ1) is 18.6. The Labute approximate surface area is 148 Å². The van der Waals surface area contributed by atoms with Gasteiger partial charge in [-0.3, -0.25) is 4.99 Å². The lowest BCUT2D eigenvalue weighted by atomic mass is 10.2. The van der Waals surface area contributed by atoms with Gasteiger partial charge in [0.15, 0.2) is 5.96 Å². The quantitative estimate of drug-likeness (QED) is 0.434. The topological polar surface area (TPSA) is 58.5 Å². The van der Waals surface area contributed by atoms with Gasteiger partial charge in [-0.15, -0.1) is 35.3 Å². The van der Waals surface area contributed by atoms with Crippen LogP contribution >= 0.6 is 35.3 Å². The van der Waals surface area contributed by atoms with E-state index in [4.69, 9.17) is 4.74 Å².